The quantitative estimate of drug-likeness (QED) is 0.710. The minimum atomic E-state index is -0.490. The van der Waals surface area contributed by atoms with Crippen molar-refractivity contribution in [3.05, 3.63) is 34.3 Å². The number of carbonyl (C=O) groups excluding carboxylic acids is 1. The monoisotopic (exact) mass is 235 g/mol. The van der Waals surface area contributed by atoms with Crippen molar-refractivity contribution in [2.24, 2.45) is 5.73 Å². The average molecular weight is 235 g/mol. The fourth-order valence-corrected chi connectivity index (χ4v) is 1.62. The number of rotatable bonds is 3. The molecule has 0 fully saturated rings. The lowest BCUT2D eigenvalue weighted by atomic mass is 10.1. The van der Waals surface area contributed by atoms with E-state index in [9.17, 15) is 9.59 Å². The van der Waals surface area contributed by atoms with E-state index in [0.717, 1.165) is 5.56 Å². The van der Waals surface area contributed by atoms with Gasteiger partial charge in [-0.05, 0) is 24.6 Å². The summed E-state index contributed by atoms with van der Waals surface area (Å²) in [5, 5.41) is 2.72. The van der Waals surface area contributed by atoms with E-state index in [2.05, 4.69) is 10.3 Å². The first-order valence-corrected chi connectivity index (χ1v) is 5.22. The summed E-state index contributed by atoms with van der Waals surface area (Å²) in [7, 11) is 0. The molecule has 0 bridgehead atoms. The van der Waals surface area contributed by atoms with Crippen LogP contribution >= 0.6 is 0 Å². The van der Waals surface area contributed by atoms with Gasteiger partial charge in [0, 0.05) is 0 Å². The van der Waals surface area contributed by atoms with Crippen LogP contribution < -0.4 is 16.8 Å². The molecule has 0 radical (unpaired) electrons. The summed E-state index contributed by atoms with van der Waals surface area (Å²) >= 11 is 0. The highest BCUT2D eigenvalue weighted by atomic mass is 16.4. The van der Waals surface area contributed by atoms with Gasteiger partial charge in [0.25, 0.3) is 0 Å². The highest BCUT2D eigenvalue weighted by molar-refractivity contribution is 5.78. The highest BCUT2D eigenvalue weighted by Gasteiger charge is 2.10. The number of oxazole rings is 1. The number of fused-ring (bicyclic) bond motifs is 1. The number of nitrogens with two attached hydrogens (primary N) is 1. The molecule has 1 heterocycles. The van der Waals surface area contributed by atoms with Gasteiger partial charge in [0.05, 0.1) is 18.1 Å². The highest BCUT2D eigenvalue weighted by Crippen LogP contribution is 2.17. The number of hydrogen-bond donors (Lipinski definition) is 3. The van der Waals surface area contributed by atoms with E-state index in [0.29, 0.717) is 11.1 Å². The second-order valence-electron chi connectivity index (χ2n) is 3.76. The predicted molar refractivity (Wildman–Crippen MR) is 62.4 cm³/mol. The first-order chi connectivity index (χ1) is 8.10. The Morgan fingerprint density at radius 1 is 1.59 bits per heavy atom. The van der Waals surface area contributed by atoms with Crippen molar-refractivity contribution in [1.29, 1.82) is 0 Å². The molecule has 1 amide bonds. The summed E-state index contributed by atoms with van der Waals surface area (Å²) in [5.74, 6) is -0.719. The molecule has 0 saturated carbocycles. The third-order valence-electron chi connectivity index (χ3n) is 2.51. The van der Waals surface area contributed by atoms with Gasteiger partial charge in [0.15, 0.2) is 5.58 Å². The van der Waals surface area contributed by atoms with Gasteiger partial charge in [-0.1, -0.05) is 6.07 Å². The lowest BCUT2D eigenvalue weighted by molar-refractivity contribution is -0.120. The Morgan fingerprint density at radius 3 is 3.06 bits per heavy atom. The minimum absolute atomic E-state index is 0.0498. The van der Waals surface area contributed by atoms with Gasteiger partial charge in [-0.2, -0.15) is 0 Å². The van der Waals surface area contributed by atoms with Crippen LogP contribution in [0.4, 0.5) is 0 Å². The molecule has 17 heavy (non-hydrogen) atoms. The molecule has 0 aliphatic rings. The van der Waals surface area contributed by atoms with Crippen molar-refractivity contribution in [3.8, 4) is 0 Å². The molecular weight excluding hydrogens is 222 g/mol. The smallest absolute Gasteiger partial charge is 0.408 e. The molecule has 90 valence electrons. The number of benzene rings is 1. The van der Waals surface area contributed by atoms with Crippen LogP contribution in [-0.4, -0.2) is 17.4 Å². The number of aromatic amines is 1. The van der Waals surface area contributed by atoms with Crippen LogP contribution in [0.2, 0.25) is 0 Å². The van der Waals surface area contributed by atoms with Crippen molar-refractivity contribution >= 4 is 17.0 Å². The second-order valence-corrected chi connectivity index (χ2v) is 3.76. The second kappa shape index (κ2) is 4.42. The minimum Gasteiger partial charge on any atom is -0.408 e. The zero-order valence-corrected chi connectivity index (χ0v) is 9.32. The predicted octanol–water partition coefficient (Wildman–Crippen LogP) is 0.257. The van der Waals surface area contributed by atoms with Crippen LogP contribution in [0, 0.1) is 0 Å². The maximum absolute atomic E-state index is 11.1. The number of nitrogens with one attached hydrogen (secondary N) is 2. The molecular formula is C11H13N3O3. The summed E-state index contributed by atoms with van der Waals surface area (Å²) in [6, 6.07) is 5.08. The van der Waals surface area contributed by atoms with Crippen molar-refractivity contribution in [3.63, 3.8) is 0 Å². The summed E-state index contributed by atoms with van der Waals surface area (Å²) in [5.41, 5.74) is 7.17. The van der Waals surface area contributed by atoms with E-state index in [1.54, 1.807) is 12.1 Å². The average Bonchev–Trinajstić information content (AvgIpc) is 2.67. The largest absolute Gasteiger partial charge is 0.417 e. The molecule has 2 rings (SSSR count). The van der Waals surface area contributed by atoms with Crippen molar-refractivity contribution in [2.45, 2.75) is 13.0 Å². The van der Waals surface area contributed by atoms with Crippen LogP contribution in [0.5, 0.6) is 0 Å². The summed E-state index contributed by atoms with van der Waals surface area (Å²) < 4.78 is 4.94. The first-order valence-electron chi connectivity index (χ1n) is 5.22. The number of amides is 1. The van der Waals surface area contributed by atoms with Crippen LogP contribution in [0.15, 0.2) is 27.4 Å². The molecule has 0 spiro atoms. The topological polar surface area (TPSA) is 101 Å². The molecule has 0 aliphatic carbocycles. The third kappa shape index (κ3) is 2.36. The summed E-state index contributed by atoms with van der Waals surface area (Å²) in [6.45, 7) is 1.78. The first kappa shape index (κ1) is 11.4. The van der Waals surface area contributed by atoms with Gasteiger partial charge in [-0.15, -0.1) is 0 Å². The third-order valence-corrected chi connectivity index (χ3v) is 2.51. The number of hydrogen-bond acceptors (Lipinski definition) is 4. The van der Waals surface area contributed by atoms with Crippen LogP contribution in [0.25, 0.3) is 11.1 Å². The standard InChI is InChI=1S/C11H13N3O3/c1-6(13-10(15)5-12)7-2-3-8-9(4-7)17-11(16)14-8/h2-4,6H,5,12H2,1H3,(H,13,15)(H,14,16). The Bertz CT molecular complexity index is 599. The Labute approximate surface area is 96.8 Å². The molecule has 4 N–H and O–H groups in total. The van der Waals surface area contributed by atoms with Gasteiger partial charge in [0.1, 0.15) is 0 Å². The Balaban J connectivity index is 2.29. The molecule has 1 unspecified atom stereocenters. The number of H-pyrrole nitrogens is 1. The maximum Gasteiger partial charge on any atom is 0.417 e. The molecule has 1 atom stereocenters. The van der Waals surface area contributed by atoms with E-state index in [-0.39, 0.29) is 18.5 Å². The normalized spacial score (nSPS) is 12.6. The van der Waals surface area contributed by atoms with Crippen LogP contribution in [0.3, 0.4) is 0 Å². The van der Waals surface area contributed by atoms with Crippen molar-refractivity contribution in [2.75, 3.05) is 6.54 Å². The molecule has 0 aliphatic heterocycles. The number of aromatic nitrogens is 1. The van der Waals surface area contributed by atoms with Gasteiger partial charge in [-0.25, -0.2) is 4.79 Å². The van der Waals surface area contributed by atoms with Gasteiger partial charge < -0.3 is 15.5 Å². The maximum atomic E-state index is 11.1. The molecule has 0 saturated heterocycles. The van der Waals surface area contributed by atoms with Crippen LogP contribution in [-0.2, 0) is 4.79 Å². The summed E-state index contributed by atoms with van der Waals surface area (Å²) in [6.07, 6.45) is 0. The molecule has 1 aromatic heterocycles. The molecule has 2 aromatic rings. The van der Waals surface area contributed by atoms with E-state index >= 15 is 0 Å². The lowest BCUT2D eigenvalue weighted by Crippen LogP contribution is -2.32. The Kier molecular flexibility index (Phi) is 2.97. The SMILES string of the molecule is CC(NC(=O)CN)c1ccc2[nH]c(=O)oc2c1. The lowest BCUT2D eigenvalue weighted by Gasteiger charge is -2.13. The molecule has 6 heteroatoms. The van der Waals surface area contributed by atoms with E-state index in [1.165, 1.54) is 0 Å². The van der Waals surface area contributed by atoms with Gasteiger partial charge >= 0.3 is 5.76 Å². The molecule has 1 aromatic carbocycles. The Hall–Kier alpha value is -2.08. The van der Waals surface area contributed by atoms with E-state index in [1.807, 2.05) is 13.0 Å². The zero-order valence-electron chi connectivity index (χ0n) is 9.32. The van der Waals surface area contributed by atoms with Crippen LogP contribution in [0.1, 0.15) is 18.5 Å². The summed E-state index contributed by atoms with van der Waals surface area (Å²) in [4.78, 5) is 24.7. The number of carbonyl (C=O) groups is 1. The van der Waals surface area contributed by atoms with Crippen molar-refractivity contribution in [1.82, 2.24) is 10.3 Å². The van der Waals surface area contributed by atoms with Crippen molar-refractivity contribution < 1.29 is 9.21 Å². The zero-order chi connectivity index (χ0) is 12.4. The molecule has 6 nitrogen and oxygen atoms in total. The fourth-order valence-electron chi connectivity index (χ4n) is 1.62. The fraction of sp³-hybridized carbons (Fsp3) is 0.273. The van der Waals surface area contributed by atoms with E-state index < -0.39 is 5.76 Å². The van der Waals surface area contributed by atoms with E-state index in [4.69, 9.17) is 10.2 Å². The Morgan fingerprint density at radius 2 is 2.35 bits per heavy atom. The van der Waals surface area contributed by atoms with Gasteiger partial charge in [-0.3, -0.25) is 9.78 Å². The van der Waals surface area contributed by atoms with Gasteiger partial charge in [0.2, 0.25) is 5.91 Å².